The first-order valence-corrected chi connectivity index (χ1v) is 11.5. The second-order valence-corrected chi connectivity index (χ2v) is 9.26. The largest absolute Gasteiger partial charge is 0.494 e. The highest BCUT2D eigenvalue weighted by Gasteiger charge is 2.34. The van der Waals surface area contributed by atoms with Gasteiger partial charge in [-0.25, -0.2) is 8.42 Å². The lowest BCUT2D eigenvalue weighted by molar-refractivity contribution is -0.117. The second-order valence-electron chi connectivity index (χ2n) is 6.93. The molecule has 0 spiro atoms. The molecule has 0 aliphatic carbocycles. The molecule has 1 heterocycles. The van der Waals surface area contributed by atoms with E-state index in [-0.39, 0.29) is 23.3 Å². The third-order valence-electron chi connectivity index (χ3n) is 4.86. The fourth-order valence-electron chi connectivity index (χ4n) is 3.46. The number of piperidine rings is 1. The van der Waals surface area contributed by atoms with Crippen molar-refractivity contribution in [3.63, 3.8) is 0 Å². The monoisotopic (exact) mass is 436 g/mol. The Kier molecular flexibility index (Phi) is 7.16. The molecule has 1 N–H and O–H groups in total. The van der Waals surface area contributed by atoms with Gasteiger partial charge in [-0.2, -0.15) is 4.31 Å². The van der Waals surface area contributed by atoms with Crippen LogP contribution in [0.3, 0.4) is 0 Å². The van der Waals surface area contributed by atoms with E-state index in [1.165, 1.54) is 16.4 Å². The van der Waals surface area contributed by atoms with Crippen molar-refractivity contribution in [3.05, 3.63) is 53.6 Å². The number of carbonyl (C=O) groups excluding carboxylic acids is 1. The van der Waals surface area contributed by atoms with Crippen LogP contribution >= 0.6 is 11.6 Å². The molecule has 2 aromatic rings. The highest BCUT2D eigenvalue weighted by Crippen LogP contribution is 2.28. The van der Waals surface area contributed by atoms with E-state index in [0.717, 1.165) is 18.6 Å². The Labute approximate surface area is 176 Å². The lowest BCUT2D eigenvalue weighted by Gasteiger charge is -2.34. The molecular formula is C21H25ClN2O4S. The van der Waals surface area contributed by atoms with Gasteiger partial charge in [0.1, 0.15) is 5.75 Å². The molecule has 1 aliphatic rings. The van der Waals surface area contributed by atoms with Gasteiger partial charge in [0.15, 0.2) is 0 Å². The molecule has 0 bridgehead atoms. The van der Waals surface area contributed by atoms with Gasteiger partial charge >= 0.3 is 0 Å². The van der Waals surface area contributed by atoms with Gasteiger partial charge in [-0.05, 0) is 68.3 Å². The van der Waals surface area contributed by atoms with Gasteiger partial charge < -0.3 is 10.1 Å². The van der Waals surface area contributed by atoms with Gasteiger partial charge in [-0.3, -0.25) is 4.79 Å². The number of nitrogens with one attached hydrogen (secondary N) is 1. The third-order valence-corrected chi connectivity index (χ3v) is 7.08. The minimum Gasteiger partial charge on any atom is -0.494 e. The number of halogens is 1. The van der Waals surface area contributed by atoms with Gasteiger partial charge in [0.25, 0.3) is 0 Å². The summed E-state index contributed by atoms with van der Waals surface area (Å²) in [5.41, 5.74) is 0.654. The number of hydrogen-bond donors (Lipinski definition) is 1. The summed E-state index contributed by atoms with van der Waals surface area (Å²) in [7, 11) is -3.68. The van der Waals surface area contributed by atoms with Gasteiger partial charge in [-0.15, -0.1) is 0 Å². The number of rotatable bonds is 7. The summed E-state index contributed by atoms with van der Waals surface area (Å²) in [5.74, 6) is 0.523. The lowest BCUT2D eigenvalue weighted by atomic mass is 10.0. The zero-order valence-corrected chi connectivity index (χ0v) is 17.9. The van der Waals surface area contributed by atoms with Crippen LogP contribution in [-0.2, 0) is 14.8 Å². The quantitative estimate of drug-likeness (QED) is 0.701. The summed E-state index contributed by atoms with van der Waals surface area (Å²) in [5, 5.41) is 3.32. The molecule has 2 aromatic carbocycles. The summed E-state index contributed by atoms with van der Waals surface area (Å²) >= 11 is 5.88. The highest BCUT2D eigenvalue weighted by molar-refractivity contribution is 7.89. The summed E-state index contributed by atoms with van der Waals surface area (Å²) in [6.45, 7) is 2.89. The molecule has 0 saturated carbocycles. The number of amides is 1. The van der Waals surface area contributed by atoms with E-state index in [1.54, 1.807) is 36.4 Å². The SMILES string of the molecule is CCOc1ccc(NC(=O)CC2CCCCN2S(=O)(=O)c2ccc(Cl)cc2)cc1. The number of ether oxygens (including phenoxy) is 1. The Morgan fingerprint density at radius 3 is 2.48 bits per heavy atom. The summed E-state index contributed by atoms with van der Waals surface area (Å²) in [6, 6.07) is 12.9. The molecule has 0 radical (unpaired) electrons. The van der Waals surface area contributed by atoms with E-state index in [0.29, 0.717) is 30.3 Å². The first-order valence-electron chi connectivity index (χ1n) is 9.70. The molecule has 3 rings (SSSR count). The predicted octanol–water partition coefficient (Wildman–Crippen LogP) is 4.31. The Morgan fingerprint density at radius 2 is 1.83 bits per heavy atom. The molecule has 1 saturated heterocycles. The molecule has 29 heavy (non-hydrogen) atoms. The van der Waals surface area contributed by atoms with E-state index in [9.17, 15) is 13.2 Å². The molecule has 6 nitrogen and oxygen atoms in total. The van der Waals surface area contributed by atoms with Crippen LogP contribution in [0, 0.1) is 0 Å². The number of hydrogen-bond acceptors (Lipinski definition) is 4. The summed E-state index contributed by atoms with van der Waals surface area (Å²) < 4.78 is 33.0. The molecule has 1 unspecified atom stereocenters. The van der Waals surface area contributed by atoms with Crippen molar-refractivity contribution >= 4 is 33.2 Å². The number of benzene rings is 2. The van der Waals surface area contributed by atoms with E-state index < -0.39 is 10.0 Å². The molecule has 1 atom stereocenters. The Balaban J connectivity index is 1.69. The number of carbonyl (C=O) groups is 1. The van der Waals surface area contributed by atoms with Crippen LogP contribution in [0.1, 0.15) is 32.6 Å². The Hall–Kier alpha value is -2.09. The second kappa shape index (κ2) is 9.61. The van der Waals surface area contributed by atoms with E-state index in [4.69, 9.17) is 16.3 Å². The predicted molar refractivity (Wildman–Crippen MR) is 114 cm³/mol. The van der Waals surface area contributed by atoms with Crippen molar-refractivity contribution in [1.29, 1.82) is 0 Å². The van der Waals surface area contributed by atoms with Gasteiger partial charge in [0.05, 0.1) is 11.5 Å². The zero-order chi connectivity index (χ0) is 20.9. The smallest absolute Gasteiger partial charge is 0.243 e. The van der Waals surface area contributed by atoms with Crippen LogP contribution in [0.4, 0.5) is 5.69 Å². The maximum atomic E-state index is 13.1. The number of sulfonamides is 1. The van der Waals surface area contributed by atoms with Crippen molar-refractivity contribution < 1.29 is 17.9 Å². The minimum atomic E-state index is -3.68. The van der Waals surface area contributed by atoms with Crippen molar-refractivity contribution in [3.8, 4) is 5.75 Å². The molecule has 1 aliphatic heterocycles. The molecule has 1 amide bonds. The topological polar surface area (TPSA) is 75.7 Å². The molecular weight excluding hydrogens is 412 g/mol. The Bertz CT molecular complexity index is 930. The van der Waals surface area contributed by atoms with Crippen molar-refractivity contribution in [2.45, 2.75) is 43.5 Å². The first kappa shape index (κ1) is 21.6. The average Bonchev–Trinajstić information content (AvgIpc) is 2.70. The standard InChI is InChI=1S/C21H25ClN2O4S/c1-2-28-19-10-8-17(9-11-19)23-21(25)15-18-5-3-4-14-24(18)29(26,27)20-12-6-16(22)7-13-20/h6-13,18H,2-5,14-15H2,1H3,(H,23,25). The average molecular weight is 437 g/mol. The normalized spacial score (nSPS) is 17.7. The molecule has 1 fully saturated rings. The zero-order valence-electron chi connectivity index (χ0n) is 16.3. The van der Waals surface area contributed by atoms with Crippen LogP contribution in [0.2, 0.25) is 5.02 Å². The molecule has 8 heteroatoms. The fraction of sp³-hybridized carbons (Fsp3) is 0.381. The van der Waals surface area contributed by atoms with Gasteiger partial charge in [0, 0.05) is 29.7 Å². The maximum absolute atomic E-state index is 13.1. The van der Waals surface area contributed by atoms with Crippen LogP contribution < -0.4 is 10.1 Å². The summed E-state index contributed by atoms with van der Waals surface area (Å²) in [4.78, 5) is 12.8. The van der Waals surface area contributed by atoms with E-state index >= 15 is 0 Å². The van der Waals surface area contributed by atoms with Crippen molar-refractivity contribution in [2.75, 3.05) is 18.5 Å². The van der Waals surface area contributed by atoms with E-state index in [2.05, 4.69) is 5.32 Å². The van der Waals surface area contributed by atoms with Crippen LogP contribution in [0.5, 0.6) is 5.75 Å². The highest BCUT2D eigenvalue weighted by atomic mass is 35.5. The molecule has 156 valence electrons. The minimum absolute atomic E-state index is 0.111. The summed E-state index contributed by atoms with van der Waals surface area (Å²) in [6.07, 6.45) is 2.45. The fourth-order valence-corrected chi connectivity index (χ4v) is 5.28. The maximum Gasteiger partial charge on any atom is 0.243 e. The number of nitrogens with zero attached hydrogens (tertiary/aromatic N) is 1. The molecule has 0 aromatic heterocycles. The first-order chi connectivity index (χ1) is 13.9. The Morgan fingerprint density at radius 1 is 1.14 bits per heavy atom. The third kappa shape index (κ3) is 5.50. The van der Waals surface area contributed by atoms with E-state index in [1.807, 2.05) is 6.92 Å². The van der Waals surface area contributed by atoms with Gasteiger partial charge in [-0.1, -0.05) is 18.0 Å². The van der Waals surface area contributed by atoms with Crippen LogP contribution in [-0.4, -0.2) is 37.8 Å². The number of anilines is 1. The lowest BCUT2D eigenvalue weighted by Crippen LogP contribution is -2.45. The van der Waals surface area contributed by atoms with Crippen LogP contribution in [0.25, 0.3) is 0 Å². The van der Waals surface area contributed by atoms with Gasteiger partial charge in [0.2, 0.25) is 15.9 Å². The van der Waals surface area contributed by atoms with Crippen molar-refractivity contribution in [1.82, 2.24) is 4.31 Å². The van der Waals surface area contributed by atoms with Crippen LogP contribution in [0.15, 0.2) is 53.4 Å². The van der Waals surface area contributed by atoms with Crippen molar-refractivity contribution in [2.24, 2.45) is 0 Å².